The largest absolute Gasteiger partial charge is 0.493 e. The molecule has 0 unspecified atom stereocenters. The van der Waals surface area contributed by atoms with Crippen molar-refractivity contribution in [1.82, 2.24) is 0 Å². The van der Waals surface area contributed by atoms with E-state index in [0.29, 0.717) is 40.3 Å². The van der Waals surface area contributed by atoms with E-state index >= 15 is 0 Å². The Kier molecular flexibility index (Phi) is 24.0. The highest BCUT2D eigenvalue weighted by Gasteiger charge is 2.27. The molecule has 0 fully saturated rings. The maximum absolute atomic E-state index is 12.1. The second-order valence-electron chi connectivity index (χ2n) is 25.0. The lowest BCUT2D eigenvalue weighted by Crippen LogP contribution is -2.31. The number of ether oxygens (including phenoxy) is 3. The van der Waals surface area contributed by atoms with Gasteiger partial charge >= 0.3 is 0 Å². The summed E-state index contributed by atoms with van der Waals surface area (Å²) in [5.41, 5.74) is 21.0. The fourth-order valence-electron chi connectivity index (χ4n) is 12.8. The molecule has 17 heteroatoms. The molecule has 7 aromatic heterocycles. The molecule has 12 aromatic rings. The van der Waals surface area contributed by atoms with Crippen LogP contribution in [-0.2, 0) is 48.1 Å². The first-order valence-electron chi connectivity index (χ1n) is 33.6. The van der Waals surface area contributed by atoms with Crippen LogP contribution in [0.4, 0.5) is 5.69 Å². The number of halogens is 2. The van der Waals surface area contributed by atoms with Gasteiger partial charge in [-0.15, -0.1) is 11.3 Å². The van der Waals surface area contributed by atoms with E-state index in [0.717, 1.165) is 62.0 Å². The number of hydrogen-bond donors (Lipinski definition) is 0. The van der Waals surface area contributed by atoms with E-state index in [1.807, 2.05) is 99.1 Å². The van der Waals surface area contributed by atoms with Gasteiger partial charge < -0.3 is 18.6 Å². The van der Waals surface area contributed by atoms with Crippen LogP contribution in [0.5, 0.6) is 17.4 Å². The van der Waals surface area contributed by atoms with Crippen molar-refractivity contribution in [2.24, 2.45) is 35.2 Å². The average molecular weight is 1410 g/mol. The molecule has 0 saturated carbocycles. The number of aryl methyl sites for hydroxylation is 12. The van der Waals surface area contributed by atoms with Crippen molar-refractivity contribution in [2.75, 3.05) is 20.3 Å². The maximum atomic E-state index is 12.1. The van der Waals surface area contributed by atoms with Crippen LogP contribution in [0, 0.1) is 44.7 Å². The summed E-state index contributed by atoms with van der Waals surface area (Å²) in [4.78, 5) is 35.9. The first-order chi connectivity index (χ1) is 48.5. The molecular formula is C84H85Cl2N6O8S+5. The van der Waals surface area contributed by atoms with E-state index < -0.39 is 0 Å². The van der Waals surface area contributed by atoms with E-state index in [-0.39, 0.29) is 22.2 Å². The molecule has 14 nitrogen and oxygen atoms in total. The molecule has 5 aromatic carbocycles. The Bertz CT molecular complexity index is 5080. The quantitative estimate of drug-likeness (QED) is 0.0670. The zero-order valence-corrected chi connectivity index (χ0v) is 61.8. The molecular weight excluding hydrogens is 1320 g/mol. The summed E-state index contributed by atoms with van der Waals surface area (Å²) in [5.74, 6) is 2.66. The molecule has 0 spiro atoms. The number of fused-ring (bicyclic) bond motifs is 3. The first kappa shape index (κ1) is 73.3. The van der Waals surface area contributed by atoms with Gasteiger partial charge in [-0.2, -0.15) is 9.13 Å². The number of nitro groups is 1. The van der Waals surface area contributed by atoms with Crippen molar-refractivity contribution >= 4 is 61.9 Å². The van der Waals surface area contributed by atoms with Gasteiger partial charge in [0.05, 0.1) is 54.6 Å². The Morgan fingerprint density at radius 3 is 1.80 bits per heavy atom. The summed E-state index contributed by atoms with van der Waals surface area (Å²) in [6.07, 6.45) is 17.4. The van der Waals surface area contributed by atoms with Gasteiger partial charge in [-0.05, 0) is 174 Å². The minimum atomic E-state index is -0.354. The number of aromatic nitrogens is 5. The summed E-state index contributed by atoms with van der Waals surface area (Å²) in [6, 6.07) is 54.8. The topological polar surface area (TPSA) is 138 Å². The van der Waals surface area contributed by atoms with Crippen LogP contribution in [0.1, 0.15) is 85.9 Å². The predicted molar refractivity (Wildman–Crippen MR) is 402 cm³/mol. The second kappa shape index (κ2) is 33.1. The number of allylic oxidation sites excluding steroid dienone is 2. The Morgan fingerprint density at radius 2 is 1.14 bits per heavy atom. The number of carbonyl (C=O) groups is 2. The number of pyridine rings is 5. The zero-order valence-electron chi connectivity index (χ0n) is 59.5. The minimum Gasteiger partial charge on any atom is -0.493 e. The van der Waals surface area contributed by atoms with Crippen LogP contribution in [0.2, 0.25) is 10.0 Å². The van der Waals surface area contributed by atoms with Gasteiger partial charge in [-0.1, -0.05) is 89.9 Å². The summed E-state index contributed by atoms with van der Waals surface area (Å²) in [6.45, 7) is 15.5. The van der Waals surface area contributed by atoms with E-state index in [1.165, 1.54) is 104 Å². The summed E-state index contributed by atoms with van der Waals surface area (Å²) >= 11 is 13.8. The van der Waals surface area contributed by atoms with Crippen molar-refractivity contribution in [3.05, 3.63) is 277 Å². The zero-order chi connectivity index (χ0) is 72.2. The Hall–Kier alpha value is -10.5. The summed E-state index contributed by atoms with van der Waals surface area (Å²) in [5, 5.41) is 13.3. The van der Waals surface area contributed by atoms with Crippen LogP contribution < -0.4 is 37.0 Å². The average Bonchev–Trinajstić information content (AvgIpc) is 1.77. The molecule has 0 aliphatic heterocycles. The fraction of sp³-hybridized carbons (Fsp3) is 0.226. The summed E-state index contributed by atoms with van der Waals surface area (Å²) < 4.78 is 32.9. The number of hydrogen-bond acceptors (Lipinski definition) is 9. The van der Waals surface area contributed by atoms with Crippen LogP contribution in [-0.4, -0.2) is 36.8 Å². The van der Waals surface area contributed by atoms with Crippen LogP contribution in [0.3, 0.4) is 0 Å². The minimum absolute atomic E-state index is 0.118. The van der Waals surface area contributed by atoms with E-state index in [4.69, 9.17) is 41.8 Å². The SMILES string of the molecule is CCOc1cc[n+](C)c(-c2cc3c(cc2C)C(=O)C=CC3=O)c1.CCOc1ccc(-c2cc3c(cc2C)CCCC3)[n+](C)c1.COc1cc(-c2c(Cl)cc(Cl)c[n+]2C)c(C)o1.Cc1cc(-c2ccccc2)ccc1-c1cccc[n+]1C.Cc1sc2ccccc2c1-c1cc([N+](=O)[O-])cc[n+]1C. The number of furan rings is 1. The van der Waals surface area contributed by atoms with Crippen LogP contribution in [0.25, 0.3) is 77.5 Å². The molecule has 2 aliphatic carbocycles. The standard InChI is InChI=1S/C19H18NO3.C19H24NO.C19H18N.C15H13N2O2S.C12H12Cl2NO2/c1-4-23-13-7-8-20(3)17(10-13)14-11-16-15(9-12(14)2)18(21)5-6-19(16)22;1-4-21-17-9-10-19(20(3)13-17)18-12-16-8-6-5-7-15(16)11-14(18)2;1-15-14-17(16-8-4-3-5-9-16)11-12-18(15)19-10-6-7-13-20(19)2;1-10-15(12-5-3-4-6-14(12)20-10)13-9-11(17(18)19)7-8-16(13)2;1-7-9(5-11(16-3)17-7)12-10(14)4-8(13)6-15(12)2/h5-11H,4H2,1-3H3;9-13H,4-8H2,1-3H3;3-14H,1-2H3;3-9H,1-2H3;4-6H,1-3H3/q5*+1. The van der Waals surface area contributed by atoms with Gasteiger partial charge in [0.1, 0.15) is 56.8 Å². The number of benzene rings is 5. The van der Waals surface area contributed by atoms with Gasteiger partial charge in [-0.3, -0.25) is 19.7 Å². The van der Waals surface area contributed by atoms with Gasteiger partial charge in [0, 0.05) is 73.1 Å². The lowest BCUT2D eigenvalue weighted by molar-refractivity contribution is -0.660. The molecule has 0 atom stereocenters. The van der Waals surface area contributed by atoms with Crippen LogP contribution >= 0.6 is 34.5 Å². The number of methoxy groups -OCH3 is 1. The van der Waals surface area contributed by atoms with E-state index in [2.05, 4.69) is 160 Å². The molecule has 0 N–H and O–H groups in total. The van der Waals surface area contributed by atoms with Gasteiger partial charge in [0.2, 0.25) is 34.7 Å². The molecule has 2 aliphatic rings. The molecule has 14 rings (SSSR count). The molecule has 514 valence electrons. The predicted octanol–water partition coefficient (Wildman–Crippen LogP) is 17.7. The third-order valence-corrected chi connectivity index (χ3v) is 19.5. The Labute approximate surface area is 605 Å². The first-order valence-corrected chi connectivity index (χ1v) is 35.2. The Morgan fingerprint density at radius 1 is 0.525 bits per heavy atom. The number of thiophene rings is 1. The molecule has 0 amide bonds. The summed E-state index contributed by atoms with van der Waals surface area (Å²) in [7, 11) is 11.5. The van der Waals surface area contributed by atoms with Crippen molar-refractivity contribution < 1.29 is 56.0 Å². The van der Waals surface area contributed by atoms with Crippen LogP contribution in [0.15, 0.2) is 211 Å². The number of carbonyl (C=O) groups excluding carboxylic acids is 2. The van der Waals surface area contributed by atoms with Gasteiger partial charge in [0.25, 0.3) is 11.6 Å². The van der Waals surface area contributed by atoms with Crippen molar-refractivity contribution in [2.45, 2.75) is 74.1 Å². The highest BCUT2D eigenvalue weighted by atomic mass is 35.5. The van der Waals surface area contributed by atoms with E-state index in [9.17, 15) is 19.7 Å². The number of ketones is 2. The fourth-order valence-corrected chi connectivity index (χ4v) is 14.6. The number of nitrogens with zero attached hydrogens (tertiary/aromatic N) is 6. The lowest BCUT2D eigenvalue weighted by Gasteiger charge is -2.18. The molecule has 101 heavy (non-hydrogen) atoms. The normalized spacial score (nSPS) is 11.9. The van der Waals surface area contributed by atoms with Gasteiger partial charge in [0.15, 0.2) is 42.1 Å². The van der Waals surface area contributed by atoms with Crippen molar-refractivity contribution in [3.63, 3.8) is 0 Å². The molecule has 7 heterocycles. The third kappa shape index (κ3) is 17.2. The highest BCUT2D eigenvalue weighted by Crippen LogP contribution is 2.39. The monoisotopic (exact) mass is 1410 g/mol. The lowest BCUT2D eigenvalue weighted by atomic mass is 9.87. The molecule has 0 bridgehead atoms. The number of rotatable bonds is 12. The molecule has 0 radical (unpaired) electrons. The van der Waals surface area contributed by atoms with E-state index in [1.54, 1.807) is 60.7 Å². The highest BCUT2D eigenvalue weighted by molar-refractivity contribution is 7.19. The maximum Gasteiger partial charge on any atom is 0.285 e. The van der Waals surface area contributed by atoms with Gasteiger partial charge in [-0.25, -0.2) is 13.7 Å². The third-order valence-electron chi connectivity index (χ3n) is 17.9. The second-order valence-corrected chi connectivity index (χ2v) is 27.1. The molecule has 0 saturated heterocycles. The van der Waals surface area contributed by atoms with Crippen molar-refractivity contribution in [1.29, 1.82) is 0 Å². The van der Waals surface area contributed by atoms with Crippen molar-refractivity contribution in [3.8, 4) is 84.9 Å². The Balaban J connectivity index is 0.000000137. The smallest absolute Gasteiger partial charge is 0.285 e.